The Hall–Kier alpha value is -2.87. The van der Waals surface area contributed by atoms with Gasteiger partial charge in [-0.15, -0.1) is 0 Å². The monoisotopic (exact) mass is 328 g/mol. The molecule has 125 valence electrons. The molecule has 2 aromatic heterocycles. The molecule has 1 radical (unpaired) electrons. The first-order valence-corrected chi connectivity index (χ1v) is 7.37. The summed E-state index contributed by atoms with van der Waals surface area (Å²) in [4.78, 5) is 12.9. The Morgan fingerprint density at radius 3 is 2.62 bits per heavy atom. The van der Waals surface area contributed by atoms with E-state index in [2.05, 4.69) is 21.0 Å². The number of anilines is 1. The second-order valence-electron chi connectivity index (χ2n) is 5.00. The molecule has 3 aromatic rings. The molecule has 1 aromatic carbocycles. The van der Waals surface area contributed by atoms with Crippen LogP contribution >= 0.6 is 0 Å². The third-order valence-corrected chi connectivity index (χ3v) is 3.40. The van der Waals surface area contributed by atoms with Crippen LogP contribution < -0.4 is 15.2 Å². The maximum absolute atomic E-state index is 5.99. The highest BCUT2D eigenvalue weighted by Gasteiger charge is 2.18. The van der Waals surface area contributed by atoms with Crippen molar-refractivity contribution in [3.63, 3.8) is 0 Å². The second-order valence-corrected chi connectivity index (χ2v) is 5.00. The van der Waals surface area contributed by atoms with Gasteiger partial charge in [-0.1, -0.05) is 24.3 Å². The molecule has 0 fully saturated rings. The van der Waals surface area contributed by atoms with Gasteiger partial charge in [0.05, 0.1) is 20.3 Å². The Labute approximate surface area is 139 Å². The molecular weight excluding hydrogens is 310 g/mol. The number of benzene rings is 1. The van der Waals surface area contributed by atoms with Crippen molar-refractivity contribution in [2.75, 3.05) is 33.2 Å². The summed E-state index contributed by atoms with van der Waals surface area (Å²) in [5, 5.41) is 0. The molecule has 3 rings (SSSR count). The molecule has 0 amide bonds. The predicted molar refractivity (Wildman–Crippen MR) is 88.0 cm³/mol. The van der Waals surface area contributed by atoms with Crippen molar-refractivity contribution in [1.82, 2.24) is 19.5 Å². The number of nitrogens with two attached hydrogens (primary N) is 1. The van der Waals surface area contributed by atoms with Gasteiger partial charge in [-0.3, -0.25) is 4.57 Å². The van der Waals surface area contributed by atoms with E-state index in [1.54, 1.807) is 14.2 Å². The van der Waals surface area contributed by atoms with Crippen LogP contribution in [0.15, 0.2) is 24.3 Å². The minimum atomic E-state index is 0.183. The molecule has 0 aliphatic heterocycles. The number of hydrogen-bond acceptors (Lipinski definition) is 7. The van der Waals surface area contributed by atoms with Crippen LogP contribution in [0.2, 0.25) is 0 Å². The summed E-state index contributed by atoms with van der Waals surface area (Å²) in [6.07, 6.45) is 0. The van der Waals surface area contributed by atoms with Gasteiger partial charge in [0, 0.05) is 7.11 Å². The van der Waals surface area contributed by atoms with Crippen LogP contribution in [-0.2, 0) is 11.3 Å². The van der Waals surface area contributed by atoms with Crippen molar-refractivity contribution in [3.8, 4) is 12.0 Å². The van der Waals surface area contributed by atoms with Crippen LogP contribution in [0.4, 0.5) is 5.82 Å². The minimum Gasteiger partial charge on any atom is -0.468 e. The van der Waals surface area contributed by atoms with Crippen LogP contribution in [0.1, 0.15) is 5.56 Å². The molecule has 0 bridgehead atoms. The standard InChI is InChI=1S/C16H18N5O3/c1-22-8-9-24-15-19-13(17)12-14(20-15)21(16(18-12)23-2)10-11-6-4-3-5-7-11/h4-7H,8-10H2,1-2H3,(H2,17,19,20). The lowest BCUT2D eigenvalue weighted by Gasteiger charge is -2.08. The molecule has 0 unspecified atom stereocenters. The van der Waals surface area contributed by atoms with E-state index in [1.807, 2.05) is 28.8 Å². The Morgan fingerprint density at radius 2 is 1.92 bits per heavy atom. The van der Waals surface area contributed by atoms with Crippen molar-refractivity contribution in [2.24, 2.45) is 0 Å². The number of fused-ring (bicyclic) bond motifs is 1. The topological polar surface area (TPSA) is 97.3 Å². The number of imidazole rings is 1. The molecular formula is C16H18N5O3. The van der Waals surface area contributed by atoms with Crippen molar-refractivity contribution >= 4 is 17.0 Å². The summed E-state index contributed by atoms with van der Waals surface area (Å²) in [7, 11) is 3.15. The van der Waals surface area contributed by atoms with Crippen LogP contribution in [0, 0.1) is 6.07 Å². The molecule has 2 N–H and O–H groups in total. The maximum atomic E-state index is 5.99. The normalized spacial score (nSPS) is 10.9. The molecule has 24 heavy (non-hydrogen) atoms. The summed E-state index contributed by atoms with van der Waals surface area (Å²) in [6, 6.07) is 11.2. The van der Waals surface area contributed by atoms with Gasteiger partial charge in [-0.25, -0.2) is 0 Å². The first kappa shape index (κ1) is 16.0. The Kier molecular flexibility index (Phi) is 4.76. The highest BCUT2D eigenvalue weighted by molar-refractivity contribution is 5.83. The molecule has 0 saturated heterocycles. The maximum Gasteiger partial charge on any atom is 0.320 e. The number of hydrogen-bond donors (Lipinski definition) is 1. The minimum absolute atomic E-state index is 0.183. The van der Waals surface area contributed by atoms with Crippen molar-refractivity contribution < 1.29 is 14.2 Å². The lowest BCUT2D eigenvalue weighted by atomic mass is 10.2. The number of nitrogen functional groups attached to an aromatic ring is 1. The van der Waals surface area contributed by atoms with Gasteiger partial charge in [-0.05, 0) is 11.6 Å². The average molecular weight is 328 g/mol. The van der Waals surface area contributed by atoms with Crippen molar-refractivity contribution in [2.45, 2.75) is 6.54 Å². The molecule has 8 heteroatoms. The van der Waals surface area contributed by atoms with Crippen molar-refractivity contribution in [1.29, 1.82) is 0 Å². The summed E-state index contributed by atoms with van der Waals surface area (Å²) in [5.74, 6) is 0.242. The first-order chi connectivity index (χ1) is 11.7. The van der Waals surface area contributed by atoms with Gasteiger partial charge >= 0.3 is 6.01 Å². The van der Waals surface area contributed by atoms with Crippen LogP contribution in [-0.4, -0.2) is 47.0 Å². The number of methoxy groups -OCH3 is 2. The lowest BCUT2D eigenvalue weighted by molar-refractivity contribution is 0.141. The summed E-state index contributed by atoms with van der Waals surface area (Å²) in [6.45, 7) is 1.30. The summed E-state index contributed by atoms with van der Waals surface area (Å²) in [5.41, 5.74) is 8.09. The van der Waals surface area contributed by atoms with Gasteiger partial charge in [-0.2, -0.15) is 15.0 Å². The fourth-order valence-corrected chi connectivity index (χ4v) is 2.27. The van der Waals surface area contributed by atoms with Crippen LogP contribution in [0.25, 0.3) is 11.2 Å². The van der Waals surface area contributed by atoms with Gasteiger partial charge in [0.1, 0.15) is 6.61 Å². The van der Waals surface area contributed by atoms with Gasteiger partial charge in [0.25, 0.3) is 6.01 Å². The van der Waals surface area contributed by atoms with E-state index in [0.717, 1.165) is 5.56 Å². The fourth-order valence-electron chi connectivity index (χ4n) is 2.27. The molecule has 0 saturated carbocycles. The third kappa shape index (κ3) is 3.23. The molecule has 2 heterocycles. The van der Waals surface area contributed by atoms with Gasteiger partial charge in [0.15, 0.2) is 17.0 Å². The van der Waals surface area contributed by atoms with Crippen LogP contribution in [0.5, 0.6) is 12.0 Å². The second kappa shape index (κ2) is 7.14. The molecule has 0 aliphatic rings. The first-order valence-electron chi connectivity index (χ1n) is 7.37. The Bertz CT molecular complexity index is 819. The highest BCUT2D eigenvalue weighted by Crippen LogP contribution is 2.26. The smallest absolute Gasteiger partial charge is 0.320 e. The van der Waals surface area contributed by atoms with Gasteiger partial charge in [0.2, 0.25) is 0 Å². The van der Waals surface area contributed by atoms with Crippen LogP contribution in [0.3, 0.4) is 0 Å². The van der Waals surface area contributed by atoms with Gasteiger partial charge < -0.3 is 19.9 Å². The van der Waals surface area contributed by atoms with E-state index in [9.17, 15) is 0 Å². The average Bonchev–Trinajstić information content (AvgIpc) is 2.94. The highest BCUT2D eigenvalue weighted by atomic mass is 16.5. The quantitative estimate of drug-likeness (QED) is 0.653. The van der Waals surface area contributed by atoms with E-state index in [1.165, 1.54) is 0 Å². The molecule has 0 atom stereocenters. The zero-order chi connectivity index (χ0) is 16.9. The molecule has 8 nitrogen and oxygen atoms in total. The van der Waals surface area contributed by atoms with E-state index in [4.69, 9.17) is 19.9 Å². The summed E-state index contributed by atoms with van der Waals surface area (Å²) >= 11 is 0. The third-order valence-electron chi connectivity index (χ3n) is 3.40. The van der Waals surface area contributed by atoms with E-state index in [0.29, 0.717) is 36.9 Å². The van der Waals surface area contributed by atoms with E-state index < -0.39 is 0 Å². The number of rotatable bonds is 7. The summed E-state index contributed by atoms with van der Waals surface area (Å²) < 4.78 is 17.6. The Morgan fingerprint density at radius 1 is 1.12 bits per heavy atom. The number of nitrogens with zero attached hydrogens (tertiary/aromatic N) is 4. The zero-order valence-corrected chi connectivity index (χ0v) is 13.5. The molecule has 0 aliphatic carbocycles. The SMILES string of the molecule is COCCOc1nc(N)c2nc(OC)n(Cc3cc[c]cc3)c2n1. The van der Waals surface area contributed by atoms with Crippen molar-refractivity contribution in [3.05, 3.63) is 35.9 Å². The number of ether oxygens (including phenoxy) is 3. The lowest BCUT2D eigenvalue weighted by Crippen LogP contribution is -2.09. The Balaban J connectivity index is 2.01. The fraction of sp³-hybridized carbons (Fsp3) is 0.312. The zero-order valence-electron chi connectivity index (χ0n) is 13.5. The predicted octanol–water partition coefficient (Wildman–Crippen LogP) is 1.29. The largest absolute Gasteiger partial charge is 0.468 e. The number of aromatic nitrogens is 4. The van der Waals surface area contributed by atoms with E-state index in [-0.39, 0.29) is 11.8 Å². The van der Waals surface area contributed by atoms with E-state index >= 15 is 0 Å². The molecule has 0 spiro atoms.